The van der Waals surface area contributed by atoms with Gasteiger partial charge in [0.15, 0.2) is 11.9 Å². The van der Waals surface area contributed by atoms with Crippen LogP contribution in [0.25, 0.3) is 0 Å². The van der Waals surface area contributed by atoms with E-state index in [0.29, 0.717) is 11.4 Å². The molecule has 0 radical (unpaired) electrons. The predicted octanol–water partition coefficient (Wildman–Crippen LogP) is 2.84. The first-order valence-corrected chi connectivity index (χ1v) is 5.08. The lowest BCUT2D eigenvalue weighted by molar-refractivity contribution is -0.123. The van der Waals surface area contributed by atoms with E-state index in [1.165, 1.54) is 0 Å². The number of carbonyl (C=O) groups excluding carboxylic acids is 1. The van der Waals surface area contributed by atoms with Gasteiger partial charge in [0, 0.05) is 11.4 Å². The van der Waals surface area contributed by atoms with Crippen LogP contribution in [0.5, 0.6) is 5.75 Å². The molecule has 0 N–H and O–H groups in total. The average Bonchev–Trinajstić information content (AvgIpc) is 2.56. The van der Waals surface area contributed by atoms with E-state index in [4.69, 9.17) is 16.3 Å². The Morgan fingerprint density at radius 2 is 2.00 bits per heavy atom. The molecular weight excluding hydrogens is 200 g/mol. The Morgan fingerprint density at radius 3 is 2.57 bits per heavy atom. The zero-order chi connectivity index (χ0) is 9.97. The zero-order valence-corrected chi connectivity index (χ0v) is 8.46. The molecule has 1 saturated carbocycles. The standard InChI is InChI=1S/C11H11ClO2/c12-8-4-6-9(7-5-8)14-11-3-1-2-10(11)13/h4-7,11H,1-3H2. The lowest BCUT2D eigenvalue weighted by Crippen LogP contribution is -2.20. The molecule has 2 nitrogen and oxygen atoms in total. The molecule has 1 fully saturated rings. The SMILES string of the molecule is O=C1CCCC1Oc1ccc(Cl)cc1. The Hall–Kier alpha value is -1.02. The summed E-state index contributed by atoms with van der Waals surface area (Å²) in [4.78, 5) is 11.3. The highest BCUT2D eigenvalue weighted by atomic mass is 35.5. The second-order valence-electron chi connectivity index (χ2n) is 3.42. The van der Waals surface area contributed by atoms with Gasteiger partial charge in [-0.15, -0.1) is 0 Å². The maximum atomic E-state index is 11.3. The summed E-state index contributed by atoms with van der Waals surface area (Å²) >= 11 is 5.73. The summed E-state index contributed by atoms with van der Waals surface area (Å²) in [5.41, 5.74) is 0. The highest BCUT2D eigenvalue weighted by Crippen LogP contribution is 2.22. The van der Waals surface area contributed by atoms with Crippen molar-refractivity contribution < 1.29 is 9.53 Å². The van der Waals surface area contributed by atoms with Crippen molar-refractivity contribution in [3.8, 4) is 5.75 Å². The Kier molecular flexibility index (Phi) is 2.73. The van der Waals surface area contributed by atoms with Crippen molar-refractivity contribution in [2.75, 3.05) is 0 Å². The fraction of sp³-hybridized carbons (Fsp3) is 0.364. The normalized spacial score (nSPS) is 21.2. The van der Waals surface area contributed by atoms with Crippen LogP contribution in [0.1, 0.15) is 19.3 Å². The Morgan fingerprint density at radius 1 is 1.29 bits per heavy atom. The van der Waals surface area contributed by atoms with E-state index in [-0.39, 0.29) is 11.9 Å². The van der Waals surface area contributed by atoms with Gasteiger partial charge >= 0.3 is 0 Å². The van der Waals surface area contributed by atoms with Crippen molar-refractivity contribution in [3.05, 3.63) is 29.3 Å². The Labute approximate surface area is 87.8 Å². The van der Waals surface area contributed by atoms with Crippen molar-refractivity contribution in [1.29, 1.82) is 0 Å². The molecule has 1 aromatic carbocycles. The highest BCUT2D eigenvalue weighted by molar-refractivity contribution is 6.30. The molecule has 1 atom stereocenters. The minimum atomic E-state index is -0.240. The number of rotatable bonds is 2. The molecule has 0 saturated heterocycles. The number of benzene rings is 1. The zero-order valence-electron chi connectivity index (χ0n) is 7.70. The molecular formula is C11H11ClO2. The van der Waals surface area contributed by atoms with Gasteiger partial charge in [-0.05, 0) is 37.1 Å². The highest BCUT2D eigenvalue weighted by Gasteiger charge is 2.25. The Balaban J connectivity index is 2.03. The first-order valence-electron chi connectivity index (χ1n) is 4.70. The van der Waals surface area contributed by atoms with Gasteiger partial charge in [-0.25, -0.2) is 0 Å². The Bertz CT molecular complexity index is 332. The number of ketones is 1. The molecule has 1 aliphatic carbocycles. The van der Waals surface area contributed by atoms with Crippen LogP contribution in [0.15, 0.2) is 24.3 Å². The van der Waals surface area contributed by atoms with Crippen LogP contribution in [0.4, 0.5) is 0 Å². The third-order valence-corrected chi connectivity index (χ3v) is 2.59. The second kappa shape index (κ2) is 4.01. The molecule has 0 aromatic heterocycles. The molecule has 0 spiro atoms. The lowest BCUT2D eigenvalue weighted by Gasteiger charge is -2.11. The van der Waals surface area contributed by atoms with Gasteiger partial charge in [0.25, 0.3) is 0 Å². The molecule has 0 aliphatic heterocycles. The number of carbonyl (C=O) groups is 1. The summed E-state index contributed by atoms with van der Waals surface area (Å²) in [6.45, 7) is 0. The van der Waals surface area contributed by atoms with Crippen LogP contribution >= 0.6 is 11.6 Å². The summed E-state index contributed by atoms with van der Waals surface area (Å²) < 4.78 is 5.53. The van der Waals surface area contributed by atoms with Crippen molar-refractivity contribution >= 4 is 17.4 Å². The van der Waals surface area contributed by atoms with E-state index >= 15 is 0 Å². The van der Waals surface area contributed by atoms with Crippen molar-refractivity contribution in [2.45, 2.75) is 25.4 Å². The quantitative estimate of drug-likeness (QED) is 0.751. The minimum Gasteiger partial charge on any atom is -0.483 e. The number of halogens is 1. The van der Waals surface area contributed by atoms with E-state index in [0.717, 1.165) is 18.6 Å². The predicted molar refractivity (Wildman–Crippen MR) is 54.7 cm³/mol. The van der Waals surface area contributed by atoms with Crippen LogP contribution in [0.2, 0.25) is 5.02 Å². The van der Waals surface area contributed by atoms with Crippen LogP contribution in [-0.4, -0.2) is 11.9 Å². The number of Topliss-reactive ketones (excluding diaryl/α,β-unsaturated/α-hetero) is 1. The number of ether oxygens (including phenoxy) is 1. The molecule has 14 heavy (non-hydrogen) atoms. The van der Waals surface area contributed by atoms with Crippen LogP contribution in [0.3, 0.4) is 0 Å². The maximum absolute atomic E-state index is 11.3. The van der Waals surface area contributed by atoms with Crippen LogP contribution in [-0.2, 0) is 4.79 Å². The third-order valence-electron chi connectivity index (χ3n) is 2.34. The summed E-state index contributed by atoms with van der Waals surface area (Å²) in [6, 6.07) is 7.09. The molecule has 0 amide bonds. The molecule has 0 heterocycles. The summed E-state index contributed by atoms with van der Waals surface area (Å²) in [5, 5.41) is 0.676. The van der Waals surface area contributed by atoms with Crippen LogP contribution < -0.4 is 4.74 Å². The van der Waals surface area contributed by atoms with Gasteiger partial charge in [-0.3, -0.25) is 4.79 Å². The summed E-state index contributed by atoms with van der Waals surface area (Å²) in [7, 11) is 0. The topological polar surface area (TPSA) is 26.3 Å². The lowest BCUT2D eigenvalue weighted by atomic mass is 10.3. The molecule has 1 aliphatic rings. The fourth-order valence-corrected chi connectivity index (χ4v) is 1.71. The molecule has 1 aromatic rings. The molecule has 1 unspecified atom stereocenters. The summed E-state index contributed by atoms with van der Waals surface area (Å²) in [5.74, 6) is 0.926. The van der Waals surface area contributed by atoms with Gasteiger partial charge in [-0.1, -0.05) is 11.6 Å². The third kappa shape index (κ3) is 2.07. The van der Waals surface area contributed by atoms with Crippen molar-refractivity contribution in [1.82, 2.24) is 0 Å². The van der Waals surface area contributed by atoms with Crippen molar-refractivity contribution in [2.24, 2.45) is 0 Å². The van der Waals surface area contributed by atoms with E-state index < -0.39 is 0 Å². The molecule has 74 valence electrons. The molecule has 0 bridgehead atoms. The number of hydrogen-bond donors (Lipinski definition) is 0. The van der Waals surface area contributed by atoms with E-state index in [9.17, 15) is 4.79 Å². The first-order chi connectivity index (χ1) is 6.75. The maximum Gasteiger partial charge on any atom is 0.173 e. The van der Waals surface area contributed by atoms with Crippen LogP contribution in [0, 0.1) is 0 Å². The molecule has 2 rings (SSSR count). The van der Waals surface area contributed by atoms with Gasteiger partial charge in [0.2, 0.25) is 0 Å². The monoisotopic (exact) mass is 210 g/mol. The van der Waals surface area contributed by atoms with E-state index in [2.05, 4.69) is 0 Å². The van der Waals surface area contributed by atoms with E-state index in [1.54, 1.807) is 24.3 Å². The van der Waals surface area contributed by atoms with E-state index in [1.807, 2.05) is 0 Å². The summed E-state index contributed by atoms with van der Waals surface area (Å²) in [6.07, 6.45) is 2.19. The minimum absolute atomic E-state index is 0.208. The van der Waals surface area contributed by atoms with Gasteiger partial charge in [0.05, 0.1) is 0 Å². The average molecular weight is 211 g/mol. The van der Waals surface area contributed by atoms with Gasteiger partial charge in [-0.2, -0.15) is 0 Å². The number of hydrogen-bond acceptors (Lipinski definition) is 2. The van der Waals surface area contributed by atoms with Gasteiger partial charge in [0.1, 0.15) is 5.75 Å². The fourth-order valence-electron chi connectivity index (χ4n) is 1.59. The van der Waals surface area contributed by atoms with Gasteiger partial charge < -0.3 is 4.74 Å². The molecule has 3 heteroatoms. The second-order valence-corrected chi connectivity index (χ2v) is 3.86. The first kappa shape index (κ1) is 9.53. The smallest absolute Gasteiger partial charge is 0.173 e. The van der Waals surface area contributed by atoms with Crippen molar-refractivity contribution in [3.63, 3.8) is 0 Å². The largest absolute Gasteiger partial charge is 0.483 e.